The van der Waals surface area contributed by atoms with Crippen molar-refractivity contribution in [1.29, 1.82) is 0 Å². The van der Waals surface area contributed by atoms with Crippen LogP contribution in [-0.2, 0) is 6.54 Å². The predicted molar refractivity (Wildman–Crippen MR) is 64.1 cm³/mol. The standard InChI is InChI=1S/C13H15F4NO2/c1-7-4-10(7)18-6-8-2-3-9(19-12(14)15)5-11(8)20-13(16)17/h2-3,5,7,10,12-13,18H,4,6H2,1H3. The molecule has 1 aromatic rings. The van der Waals surface area contributed by atoms with E-state index in [9.17, 15) is 17.6 Å². The molecule has 1 saturated carbocycles. The maximum absolute atomic E-state index is 12.3. The molecule has 1 aliphatic carbocycles. The van der Waals surface area contributed by atoms with E-state index in [2.05, 4.69) is 21.7 Å². The number of hydrogen-bond acceptors (Lipinski definition) is 3. The van der Waals surface area contributed by atoms with E-state index in [4.69, 9.17) is 0 Å². The second-order valence-electron chi connectivity index (χ2n) is 4.73. The van der Waals surface area contributed by atoms with Gasteiger partial charge in [0, 0.05) is 24.2 Å². The largest absolute Gasteiger partial charge is 0.435 e. The van der Waals surface area contributed by atoms with Crippen LogP contribution in [0.25, 0.3) is 0 Å². The summed E-state index contributed by atoms with van der Waals surface area (Å²) in [6, 6.07) is 4.16. The summed E-state index contributed by atoms with van der Waals surface area (Å²) >= 11 is 0. The minimum absolute atomic E-state index is 0.154. The van der Waals surface area contributed by atoms with E-state index in [1.54, 1.807) is 0 Å². The summed E-state index contributed by atoms with van der Waals surface area (Å²) in [6.45, 7) is -3.61. The van der Waals surface area contributed by atoms with Crippen LogP contribution in [0.2, 0.25) is 0 Å². The Kier molecular flexibility index (Phi) is 4.69. The second kappa shape index (κ2) is 6.30. The lowest BCUT2D eigenvalue weighted by molar-refractivity contribution is -0.0546. The van der Waals surface area contributed by atoms with Gasteiger partial charge in [-0.1, -0.05) is 13.0 Å². The monoisotopic (exact) mass is 293 g/mol. The lowest BCUT2D eigenvalue weighted by Crippen LogP contribution is -2.18. The van der Waals surface area contributed by atoms with Crippen molar-refractivity contribution in [2.75, 3.05) is 0 Å². The van der Waals surface area contributed by atoms with E-state index in [1.165, 1.54) is 12.1 Å². The average Bonchev–Trinajstić information content (AvgIpc) is 3.03. The van der Waals surface area contributed by atoms with Crippen LogP contribution in [0.15, 0.2) is 18.2 Å². The molecule has 1 aliphatic rings. The number of nitrogens with one attached hydrogen (secondary N) is 1. The predicted octanol–water partition coefficient (Wildman–Crippen LogP) is 3.39. The average molecular weight is 293 g/mol. The van der Waals surface area contributed by atoms with Crippen molar-refractivity contribution >= 4 is 0 Å². The molecule has 0 bridgehead atoms. The van der Waals surface area contributed by atoms with Crippen LogP contribution >= 0.6 is 0 Å². The topological polar surface area (TPSA) is 30.5 Å². The van der Waals surface area contributed by atoms with Gasteiger partial charge < -0.3 is 14.8 Å². The smallest absolute Gasteiger partial charge is 0.387 e. The van der Waals surface area contributed by atoms with Crippen molar-refractivity contribution in [2.45, 2.75) is 39.2 Å². The minimum Gasteiger partial charge on any atom is -0.435 e. The molecular weight excluding hydrogens is 278 g/mol. The molecule has 112 valence electrons. The number of ether oxygens (including phenoxy) is 2. The van der Waals surface area contributed by atoms with E-state index in [1.807, 2.05) is 0 Å². The van der Waals surface area contributed by atoms with E-state index in [-0.39, 0.29) is 11.5 Å². The first-order valence-electron chi connectivity index (χ1n) is 6.21. The molecule has 1 N–H and O–H groups in total. The molecule has 2 unspecified atom stereocenters. The molecule has 7 heteroatoms. The molecule has 20 heavy (non-hydrogen) atoms. The Balaban J connectivity index is 2.07. The number of alkyl halides is 4. The number of halogens is 4. The van der Waals surface area contributed by atoms with Gasteiger partial charge in [0.05, 0.1) is 0 Å². The third-order valence-electron chi connectivity index (χ3n) is 3.14. The summed E-state index contributed by atoms with van der Waals surface area (Å²) in [6.07, 6.45) is 1.04. The van der Waals surface area contributed by atoms with Crippen molar-refractivity contribution in [3.05, 3.63) is 23.8 Å². The van der Waals surface area contributed by atoms with Gasteiger partial charge in [0.2, 0.25) is 0 Å². The number of rotatable bonds is 7. The lowest BCUT2D eigenvalue weighted by atomic mass is 10.2. The summed E-state index contributed by atoms with van der Waals surface area (Å²) in [4.78, 5) is 0. The molecule has 1 aromatic carbocycles. The normalized spacial score (nSPS) is 21.4. The van der Waals surface area contributed by atoms with Gasteiger partial charge >= 0.3 is 13.2 Å². The maximum Gasteiger partial charge on any atom is 0.387 e. The number of benzene rings is 1. The summed E-state index contributed by atoms with van der Waals surface area (Å²) in [5.74, 6) is 0.203. The van der Waals surface area contributed by atoms with Crippen molar-refractivity contribution < 1.29 is 27.0 Å². The Labute approximate surface area is 113 Å². The Morgan fingerprint density at radius 2 is 1.85 bits per heavy atom. The highest BCUT2D eigenvalue weighted by molar-refractivity contribution is 5.41. The van der Waals surface area contributed by atoms with E-state index in [0.717, 1.165) is 12.5 Å². The highest BCUT2D eigenvalue weighted by atomic mass is 19.3. The van der Waals surface area contributed by atoms with E-state index < -0.39 is 13.2 Å². The molecule has 1 fully saturated rings. The van der Waals surface area contributed by atoms with Crippen LogP contribution in [-0.4, -0.2) is 19.3 Å². The zero-order valence-corrected chi connectivity index (χ0v) is 10.8. The van der Waals surface area contributed by atoms with E-state index >= 15 is 0 Å². The van der Waals surface area contributed by atoms with Gasteiger partial charge in [-0.2, -0.15) is 17.6 Å². The molecule has 0 spiro atoms. The second-order valence-corrected chi connectivity index (χ2v) is 4.73. The van der Waals surface area contributed by atoms with Gasteiger partial charge in [0.1, 0.15) is 11.5 Å². The van der Waals surface area contributed by atoms with E-state index in [0.29, 0.717) is 24.1 Å². The Hall–Kier alpha value is -1.50. The van der Waals surface area contributed by atoms with Crippen molar-refractivity contribution in [2.24, 2.45) is 5.92 Å². The SMILES string of the molecule is CC1CC1NCc1ccc(OC(F)F)cc1OC(F)F. The van der Waals surface area contributed by atoms with Gasteiger partial charge in [-0.25, -0.2) is 0 Å². The fourth-order valence-corrected chi connectivity index (χ4v) is 1.91. The van der Waals surface area contributed by atoms with Gasteiger partial charge in [0.15, 0.2) is 0 Å². The van der Waals surface area contributed by atoms with Crippen molar-refractivity contribution in [3.8, 4) is 11.5 Å². The van der Waals surface area contributed by atoms with Gasteiger partial charge in [-0.05, 0) is 18.4 Å². The molecular formula is C13H15F4NO2. The quantitative estimate of drug-likeness (QED) is 0.782. The molecule has 0 amide bonds. The summed E-state index contributed by atoms with van der Waals surface area (Å²) in [5, 5.41) is 3.18. The fourth-order valence-electron chi connectivity index (χ4n) is 1.91. The molecule has 0 aliphatic heterocycles. The molecule has 0 heterocycles. The van der Waals surface area contributed by atoms with Crippen LogP contribution in [0.1, 0.15) is 18.9 Å². The van der Waals surface area contributed by atoms with Gasteiger partial charge in [-0.3, -0.25) is 0 Å². The van der Waals surface area contributed by atoms with Crippen molar-refractivity contribution in [1.82, 2.24) is 5.32 Å². The molecule has 0 radical (unpaired) electrons. The summed E-state index contributed by atoms with van der Waals surface area (Å²) in [7, 11) is 0. The third kappa shape index (κ3) is 4.26. The molecule has 0 saturated heterocycles. The third-order valence-corrected chi connectivity index (χ3v) is 3.14. The molecule has 3 nitrogen and oxygen atoms in total. The first-order valence-corrected chi connectivity index (χ1v) is 6.21. The van der Waals surface area contributed by atoms with Gasteiger partial charge in [-0.15, -0.1) is 0 Å². The number of hydrogen-bond donors (Lipinski definition) is 1. The van der Waals surface area contributed by atoms with Gasteiger partial charge in [0.25, 0.3) is 0 Å². The van der Waals surface area contributed by atoms with Crippen LogP contribution < -0.4 is 14.8 Å². The molecule has 2 atom stereocenters. The summed E-state index contributed by atoms with van der Waals surface area (Å²) < 4.78 is 57.4. The minimum atomic E-state index is -3.02. The lowest BCUT2D eigenvalue weighted by Gasteiger charge is -2.13. The highest BCUT2D eigenvalue weighted by Gasteiger charge is 2.31. The van der Waals surface area contributed by atoms with Crippen LogP contribution in [0.4, 0.5) is 17.6 Å². The Morgan fingerprint density at radius 3 is 2.40 bits per heavy atom. The molecule has 2 rings (SSSR count). The van der Waals surface area contributed by atoms with Crippen LogP contribution in [0.5, 0.6) is 11.5 Å². The first-order chi connectivity index (χ1) is 9.45. The van der Waals surface area contributed by atoms with Crippen molar-refractivity contribution in [3.63, 3.8) is 0 Å². The molecule has 0 aromatic heterocycles. The summed E-state index contributed by atoms with van der Waals surface area (Å²) in [5.41, 5.74) is 0.478. The first kappa shape index (κ1) is 14.9. The zero-order chi connectivity index (χ0) is 14.7. The van der Waals surface area contributed by atoms with Crippen LogP contribution in [0, 0.1) is 5.92 Å². The fraction of sp³-hybridized carbons (Fsp3) is 0.538. The Morgan fingerprint density at radius 1 is 1.20 bits per heavy atom. The zero-order valence-electron chi connectivity index (χ0n) is 10.8. The Bertz CT molecular complexity index is 456. The maximum atomic E-state index is 12.3. The van der Waals surface area contributed by atoms with Crippen LogP contribution in [0.3, 0.4) is 0 Å². The highest BCUT2D eigenvalue weighted by Crippen LogP contribution is 2.31.